The molecule has 0 aliphatic heterocycles. The van der Waals surface area contributed by atoms with Gasteiger partial charge in [0.25, 0.3) is 0 Å². The molecule has 3 fully saturated rings. The normalized spacial score (nSPS) is 54.3. The first-order valence-corrected chi connectivity index (χ1v) is 10.3. The van der Waals surface area contributed by atoms with E-state index in [9.17, 15) is 14.7 Å². The van der Waals surface area contributed by atoms with Crippen LogP contribution in [0.4, 0.5) is 0 Å². The van der Waals surface area contributed by atoms with E-state index in [-0.39, 0.29) is 22.5 Å². The summed E-state index contributed by atoms with van der Waals surface area (Å²) in [6.07, 6.45) is 8.87. The topological polar surface area (TPSA) is 54.4 Å². The molecule has 1 N–H and O–H groups in total. The van der Waals surface area contributed by atoms with E-state index in [4.69, 9.17) is 0 Å². The quantitative estimate of drug-likeness (QED) is 0.778. The Labute approximate surface area is 155 Å². The number of carbonyl (C=O) groups is 2. The summed E-state index contributed by atoms with van der Waals surface area (Å²) >= 11 is 0. The van der Waals surface area contributed by atoms with Crippen LogP contribution in [0.25, 0.3) is 0 Å². The number of Topliss-reactive ketones (excluding diaryl/α,β-unsaturated/α-hetero) is 1. The second-order valence-electron chi connectivity index (χ2n) is 10.2. The Balaban J connectivity index is 1.62. The minimum atomic E-state index is -1.16. The fourth-order valence-electron chi connectivity index (χ4n) is 7.89. The molecule has 2 unspecified atom stereocenters. The highest BCUT2D eigenvalue weighted by Gasteiger charge is 2.68. The molecule has 5 rings (SSSR count). The number of fused-ring (bicyclic) bond motifs is 7. The first-order valence-electron chi connectivity index (χ1n) is 10.3. The number of rotatable bonds is 1. The summed E-state index contributed by atoms with van der Waals surface area (Å²) in [6.45, 7) is 8.28. The highest BCUT2D eigenvalue weighted by molar-refractivity contribution is 5.97. The maximum atomic E-state index is 12.4. The molecule has 0 bridgehead atoms. The number of ketones is 2. The summed E-state index contributed by atoms with van der Waals surface area (Å²) in [6, 6.07) is 0. The van der Waals surface area contributed by atoms with Crippen LogP contribution in [-0.2, 0) is 9.59 Å². The van der Waals surface area contributed by atoms with E-state index in [1.165, 1.54) is 11.1 Å². The highest BCUT2D eigenvalue weighted by Crippen LogP contribution is 2.71. The third-order valence-electron chi connectivity index (χ3n) is 9.50. The second-order valence-corrected chi connectivity index (χ2v) is 10.2. The summed E-state index contributed by atoms with van der Waals surface area (Å²) in [7, 11) is 0. The molecule has 3 heteroatoms. The molecule has 0 aromatic rings. The van der Waals surface area contributed by atoms with Crippen LogP contribution < -0.4 is 0 Å². The first kappa shape index (κ1) is 16.9. The molecule has 140 valence electrons. The molecule has 3 nitrogen and oxygen atoms in total. The van der Waals surface area contributed by atoms with Crippen molar-refractivity contribution in [1.29, 1.82) is 0 Å². The minimum Gasteiger partial charge on any atom is -0.382 e. The zero-order chi connectivity index (χ0) is 18.6. The Bertz CT molecular complexity index is 791. The van der Waals surface area contributed by atoms with Gasteiger partial charge in [-0.1, -0.05) is 25.5 Å². The van der Waals surface area contributed by atoms with Crippen LogP contribution in [0.5, 0.6) is 0 Å². The zero-order valence-electron chi connectivity index (χ0n) is 16.3. The highest BCUT2D eigenvalue weighted by atomic mass is 16.3. The van der Waals surface area contributed by atoms with E-state index in [0.29, 0.717) is 35.9 Å². The first-order chi connectivity index (χ1) is 12.1. The molecule has 5 aliphatic carbocycles. The Hall–Kier alpha value is -1.22. The number of carbonyl (C=O) groups excluding carboxylic acids is 2. The van der Waals surface area contributed by atoms with Crippen molar-refractivity contribution in [3.05, 3.63) is 23.3 Å². The van der Waals surface area contributed by atoms with Crippen molar-refractivity contribution < 1.29 is 14.7 Å². The predicted octanol–water partition coefficient (Wildman–Crippen LogP) is 3.86. The van der Waals surface area contributed by atoms with Gasteiger partial charge >= 0.3 is 0 Å². The summed E-state index contributed by atoms with van der Waals surface area (Å²) in [5, 5.41) is 11.2. The fraction of sp³-hybridized carbons (Fsp3) is 0.739. The van der Waals surface area contributed by atoms with Gasteiger partial charge in [0, 0.05) is 11.3 Å². The van der Waals surface area contributed by atoms with E-state index in [2.05, 4.69) is 26.8 Å². The SMILES string of the molecule is CC(=O)[C@@]1(O)CC[C@H]2[C@@H]3C=C(C)C4=CC(=O)C5CC5[C@@]4(C)[C@@H]3CC[C@@]21C. The van der Waals surface area contributed by atoms with Crippen molar-refractivity contribution in [1.82, 2.24) is 0 Å². The van der Waals surface area contributed by atoms with Crippen molar-refractivity contribution >= 4 is 11.6 Å². The monoisotopic (exact) mass is 354 g/mol. The lowest BCUT2D eigenvalue weighted by Gasteiger charge is -2.58. The molecule has 0 heterocycles. The lowest BCUT2D eigenvalue weighted by molar-refractivity contribution is -0.157. The van der Waals surface area contributed by atoms with Crippen molar-refractivity contribution in [2.24, 2.45) is 40.4 Å². The lowest BCUT2D eigenvalue weighted by Crippen LogP contribution is -2.57. The zero-order valence-corrected chi connectivity index (χ0v) is 16.3. The summed E-state index contributed by atoms with van der Waals surface area (Å²) in [4.78, 5) is 24.7. The van der Waals surface area contributed by atoms with E-state index in [0.717, 1.165) is 25.7 Å². The number of allylic oxidation sites excluding steroid dienone is 4. The Morgan fingerprint density at radius 3 is 2.54 bits per heavy atom. The van der Waals surface area contributed by atoms with Gasteiger partial charge in [-0.05, 0) is 86.7 Å². The summed E-state index contributed by atoms with van der Waals surface area (Å²) in [5.41, 5.74) is 1.16. The molecular formula is C23H30O3. The van der Waals surface area contributed by atoms with Gasteiger partial charge in [-0.3, -0.25) is 9.59 Å². The molecule has 8 atom stereocenters. The van der Waals surface area contributed by atoms with Crippen molar-refractivity contribution in [3.63, 3.8) is 0 Å². The van der Waals surface area contributed by atoms with Gasteiger partial charge in [0.2, 0.25) is 0 Å². The van der Waals surface area contributed by atoms with Gasteiger partial charge < -0.3 is 5.11 Å². The van der Waals surface area contributed by atoms with Crippen LogP contribution in [0.15, 0.2) is 23.3 Å². The minimum absolute atomic E-state index is 0.0604. The third kappa shape index (κ3) is 1.70. The van der Waals surface area contributed by atoms with Crippen LogP contribution in [-0.4, -0.2) is 22.3 Å². The van der Waals surface area contributed by atoms with Gasteiger partial charge in [-0.2, -0.15) is 0 Å². The van der Waals surface area contributed by atoms with Crippen LogP contribution in [0.1, 0.15) is 59.8 Å². The standard InChI is InChI=1S/C23H30O3/c1-12-9-14-16-6-8-23(26,13(2)24)21(16,3)7-5-17(14)22(4)18(12)11-20(25)15-10-19(15)22/h9,11,14-17,19,26H,5-8,10H2,1-4H3/t14-,15?,16-,17+,19?,21-,22-,23-/m0/s1. The number of aliphatic hydroxyl groups is 1. The van der Waals surface area contributed by atoms with E-state index in [1.807, 2.05) is 6.08 Å². The Kier molecular flexibility index (Phi) is 3.11. The molecule has 0 radical (unpaired) electrons. The number of hydrogen-bond acceptors (Lipinski definition) is 3. The summed E-state index contributed by atoms with van der Waals surface area (Å²) < 4.78 is 0. The molecule has 3 saturated carbocycles. The third-order valence-corrected chi connectivity index (χ3v) is 9.50. The van der Waals surface area contributed by atoms with Crippen LogP contribution >= 0.6 is 0 Å². The molecule has 26 heavy (non-hydrogen) atoms. The van der Waals surface area contributed by atoms with E-state index < -0.39 is 5.60 Å². The van der Waals surface area contributed by atoms with Crippen LogP contribution in [0, 0.1) is 40.4 Å². The maximum Gasteiger partial charge on any atom is 0.161 e. The molecule has 0 amide bonds. The average molecular weight is 354 g/mol. The van der Waals surface area contributed by atoms with Gasteiger partial charge in [0.1, 0.15) is 5.60 Å². The van der Waals surface area contributed by atoms with Crippen molar-refractivity contribution in [2.75, 3.05) is 0 Å². The predicted molar refractivity (Wildman–Crippen MR) is 99.2 cm³/mol. The largest absolute Gasteiger partial charge is 0.382 e. The smallest absolute Gasteiger partial charge is 0.161 e. The van der Waals surface area contributed by atoms with E-state index in [1.54, 1.807) is 6.92 Å². The van der Waals surface area contributed by atoms with Crippen LogP contribution in [0.2, 0.25) is 0 Å². The Morgan fingerprint density at radius 1 is 1.15 bits per heavy atom. The van der Waals surface area contributed by atoms with Gasteiger partial charge in [0.05, 0.1) is 0 Å². The molecular weight excluding hydrogens is 324 g/mol. The maximum absolute atomic E-state index is 12.4. The average Bonchev–Trinajstić information content (AvgIpc) is 3.33. The van der Waals surface area contributed by atoms with Crippen LogP contribution in [0.3, 0.4) is 0 Å². The molecule has 0 aromatic heterocycles. The van der Waals surface area contributed by atoms with Crippen molar-refractivity contribution in [3.8, 4) is 0 Å². The van der Waals surface area contributed by atoms with E-state index >= 15 is 0 Å². The molecule has 0 aromatic carbocycles. The van der Waals surface area contributed by atoms with Gasteiger partial charge in [0.15, 0.2) is 11.6 Å². The molecule has 5 aliphatic rings. The van der Waals surface area contributed by atoms with Gasteiger partial charge in [-0.15, -0.1) is 0 Å². The molecule has 0 spiro atoms. The van der Waals surface area contributed by atoms with Crippen molar-refractivity contribution in [2.45, 2.75) is 65.4 Å². The second kappa shape index (κ2) is 4.79. The number of hydrogen-bond donors (Lipinski definition) is 1. The summed E-state index contributed by atoms with van der Waals surface area (Å²) in [5.74, 6) is 2.34. The molecule has 0 saturated heterocycles. The fourth-order valence-corrected chi connectivity index (χ4v) is 7.89. The Morgan fingerprint density at radius 2 is 1.85 bits per heavy atom. The van der Waals surface area contributed by atoms with Gasteiger partial charge in [-0.25, -0.2) is 0 Å². The lowest BCUT2D eigenvalue weighted by atomic mass is 9.46.